The summed E-state index contributed by atoms with van der Waals surface area (Å²) in [6, 6.07) is 22.0. The van der Waals surface area contributed by atoms with Crippen LogP contribution in [0.5, 0.6) is 0 Å². The van der Waals surface area contributed by atoms with Gasteiger partial charge in [-0.15, -0.1) is 0 Å². The molecule has 1 saturated heterocycles. The second kappa shape index (κ2) is 8.84. The highest BCUT2D eigenvalue weighted by atomic mass is 19.4. The number of benzene rings is 3. The summed E-state index contributed by atoms with van der Waals surface area (Å²) >= 11 is 0. The van der Waals surface area contributed by atoms with Crippen molar-refractivity contribution < 1.29 is 22.7 Å². The maximum atomic E-state index is 13.2. The molecule has 2 aliphatic heterocycles. The summed E-state index contributed by atoms with van der Waals surface area (Å²) in [5.41, 5.74) is 6.16. The van der Waals surface area contributed by atoms with Crippen LogP contribution in [0.25, 0.3) is 11.1 Å². The van der Waals surface area contributed by atoms with E-state index in [1.807, 2.05) is 29.2 Å². The molecule has 3 aromatic carbocycles. The summed E-state index contributed by atoms with van der Waals surface area (Å²) in [5.74, 6) is 0.0227. The molecule has 2 heterocycles. The van der Waals surface area contributed by atoms with Crippen LogP contribution in [-0.4, -0.2) is 29.7 Å². The van der Waals surface area contributed by atoms with E-state index in [0.717, 1.165) is 37.0 Å². The van der Waals surface area contributed by atoms with Gasteiger partial charge in [-0.25, -0.2) is 4.79 Å². The maximum absolute atomic E-state index is 13.2. The lowest BCUT2D eigenvalue weighted by Gasteiger charge is -2.33. The van der Waals surface area contributed by atoms with Gasteiger partial charge in [0.25, 0.3) is 0 Å². The lowest BCUT2D eigenvalue weighted by atomic mass is 9.95. The third kappa shape index (κ3) is 4.08. The highest BCUT2D eigenvalue weighted by Gasteiger charge is 2.41. The summed E-state index contributed by atoms with van der Waals surface area (Å²) in [6.07, 6.45) is 0.612. The van der Waals surface area contributed by atoms with Crippen molar-refractivity contribution in [1.82, 2.24) is 4.90 Å². The average molecular weight is 490 g/mol. The predicted octanol–water partition coefficient (Wildman–Crippen LogP) is 7.36. The van der Waals surface area contributed by atoms with Gasteiger partial charge >= 0.3 is 12.3 Å². The number of alkyl halides is 3. The van der Waals surface area contributed by atoms with Crippen LogP contribution < -0.4 is 0 Å². The molecule has 1 amide bonds. The van der Waals surface area contributed by atoms with Gasteiger partial charge in [-0.1, -0.05) is 72.3 Å². The van der Waals surface area contributed by atoms with E-state index in [1.54, 1.807) is 12.1 Å². The van der Waals surface area contributed by atoms with Crippen LogP contribution in [0.4, 0.5) is 18.0 Å². The molecule has 2 bridgehead atoms. The van der Waals surface area contributed by atoms with E-state index in [9.17, 15) is 18.0 Å². The van der Waals surface area contributed by atoms with Gasteiger partial charge in [0.15, 0.2) is 0 Å². The van der Waals surface area contributed by atoms with Gasteiger partial charge in [0.2, 0.25) is 0 Å². The lowest BCUT2D eigenvalue weighted by Crippen LogP contribution is -2.44. The lowest BCUT2D eigenvalue weighted by molar-refractivity contribution is -0.137. The first kappa shape index (κ1) is 22.9. The third-order valence-corrected chi connectivity index (χ3v) is 7.73. The second-order valence-corrected chi connectivity index (χ2v) is 9.91. The van der Waals surface area contributed by atoms with Crippen molar-refractivity contribution in [1.29, 1.82) is 0 Å². The molecule has 0 aromatic heterocycles. The summed E-state index contributed by atoms with van der Waals surface area (Å²) in [4.78, 5) is 15.1. The Bertz CT molecular complexity index is 1280. The van der Waals surface area contributed by atoms with E-state index in [1.165, 1.54) is 27.8 Å². The number of hydrogen-bond acceptors (Lipinski definition) is 2. The number of halogens is 3. The number of fused-ring (bicyclic) bond motifs is 5. The van der Waals surface area contributed by atoms with Crippen LogP contribution in [0.3, 0.4) is 0 Å². The standard InChI is InChI=1S/C30H26F3NO2/c31-30(32,33)21-11-9-19(10-12-21)15-20-16-22-13-14-23(17-20)34(22)29(35)36-18-28-26-7-3-1-5-24(26)25-6-2-4-8-27(25)28/h1-12,16,22-23,28H,13-15,17-18H2. The molecule has 1 fully saturated rings. The Balaban J connectivity index is 1.13. The number of amides is 1. The van der Waals surface area contributed by atoms with Gasteiger partial charge in [0, 0.05) is 12.0 Å². The van der Waals surface area contributed by atoms with Crippen molar-refractivity contribution in [3.8, 4) is 11.1 Å². The van der Waals surface area contributed by atoms with Gasteiger partial charge < -0.3 is 4.74 Å². The summed E-state index contributed by atoms with van der Waals surface area (Å²) in [5, 5.41) is 0. The minimum absolute atomic E-state index is 0.0227. The van der Waals surface area contributed by atoms with Crippen molar-refractivity contribution in [2.24, 2.45) is 0 Å². The van der Waals surface area contributed by atoms with E-state index in [4.69, 9.17) is 4.74 Å². The van der Waals surface area contributed by atoms with Crippen LogP contribution in [0.15, 0.2) is 84.4 Å². The fourth-order valence-corrected chi connectivity index (χ4v) is 6.08. The van der Waals surface area contributed by atoms with E-state index in [0.29, 0.717) is 13.0 Å². The Morgan fingerprint density at radius 1 is 0.889 bits per heavy atom. The van der Waals surface area contributed by atoms with Gasteiger partial charge in [0.1, 0.15) is 6.61 Å². The number of hydrogen-bond donors (Lipinski definition) is 0. The first-order chi connectivity index (χ1) is 17.4. The normalized spacial score (nSPS) is 20.6. The third-order valence-electron chi connectivity index (χ3n) is 7.73. The van der Waals surface area contributed by atoms with E-state index < -0.39 is 11.7 Å². The van der Waals surface area contributed by atoms with Crippen molar-refractivity contribution >= 4 is 6.09 Å². The number of carbonyl (C=O) groups is 1. The Labute approximate surface area is 208 Å². The predicted molar refractivity (Wildman–Crippen MR) is 132 cm³/mol. The van der Waals surface area contributed by atoms with Crippen LogP contribution in [-0.2, 0) is 17.3 Å². The number of rotatable bonds is 4. The maximum Gasteiger partial charge on any atom is 0.416 e. The summed E-state index contributed by atoms with van der Waals surface area (Å²) in [7, 11) is 0. The van der Waals surface area contributed by atoms with Crippen molar-refractivity contribution in [2.75, 3.05) is 6.61 Å². The molecule has 3 aromatic rings. The molecular weight excluding hydrogens is 463 g/mol. The molecule has 1 aliphatic carbocycles. The first-order valence-corrected chi connectivity index (χ1v) is 12.4. The zero-order chi connectivity index (χ0) is 24.9. The molecule has 3 nitrogen and oxygen atoms in total. The first-order valence-electron chi connectivity index (χ1n) is 12.4. The Hall–Kier alpha value is -3.54. The van der Waals surface area contributed by atoms with E-state index in [2.05, 4.69) is 30.3 Å². The van der Waals surface area contributed by atoms with Gasteiger partial charge in [-0.2, -0.15) is 13.2 Å². The largest absolute Gasteiger partial charge is 0.448 e. The van der Waals surface area contributed by atoms with Crippen LogP contribution >= 0.6 is 0 Å². The fraction of sp³-hybridized carbons (Fsp3) is 0.300. The molecule has 0 spiro atoms. The van der Waals surface area contributed by atoms with E-state index in [-0.39, 0.29) is 24.1 Å². The minimum Gasteiger partial charge on any atom is -0.448 e. The summed E-state index contributed by atoms with van der Waals surface area (Å²) < 4.78 is 44.5. The molecule has 184 valence electrons. The molecule has 0 radical (unpaired) electrons. The van der Waals surface area contributed by atoms with Crippen LogP contribution in [0.1, 0.15) is 47.4 Å². The smallest absolute Gasteiger partial charge is 0.416 e. The molecule has 2 unspecified atom stereocenters. The topological polar surface area (TPSA) is 29.5 Å². The molecule has 0 N–H and O–H groups in total. The molecule has 6 heteroatoms. The quantitative estimate of drug-likeness (QED) is 0.358. The molecule has 3 aliphatic rings. The Morgan fingerprint density at radius 3 is 2.14 bits per heavy atom. The number of carbonyl (C=O) groups excluding carboxylic acids is 1. The second-order valence-electron chi connectivity index (χ2n) is 9.91. The zero-order valence-electron chi connectivity index (χ0n) is 19.7. The molecule has 6 rings (SSSR count). The molecular formula is C30H26F3NO2. The van der Waals surface area contributed by atoms with Crippen LogP contribution in [0.2, 0.25) is 0 Å². The van der Waals surface area contributed by atoms with E-state index >= 15 is 0 Å². The average Bonchev–Trinajstić information content (AvgIpc) is 3.33. The monoisotopic (exact) mass is 489 g/mol. The minimum atomic E-state index is -4.33. The van der Waals surface area contributed by atoms with Gasteiger partial charge in [0.05, 0.1) is 11.6 Å². The van der Waals surface area contributed by atoms with Crippen LogP contribution in [0, 0.1) is 0 Å². The molecule has 0 saturated carbocycles. The van der Waals surface area contributed by atoms with Gasteiger partial charge in [-0.05, 0) is 65.6 Å². The highest BCUT2D eigenvalue weighted by molar-refractivity contribution is 5.79. The zero-order valence-corrected chi connectivity index (χ0v) is 19.7. The Morgan fingerprint density at radius 2 is 1.53 bits per heavy atom. The Kier molecular flexibility index (Phi) is 5.62. The highest BCUT2D eigenvalue weighted by Crippen LogP contribution is 2.45. The van der Waals surface area contributed by atoms with Crippen molar-refractivity contribution in [3.63, 3.8) is 0 Å². The fourth-order valence-electron chi connectivity index (χ4n) is 6.08. The molecule has 2 atom stereocenters. The van der Waals surface area contributed by atoms with Crippen molar-refractivity contribution in [3.05, 3.63) is 107 Å². The summed E-state index contributed by atoms with van der Waals surface area (Å²) in [6.45, 7) is 0.297. The SMILES string of the molecule is O=C(OCC1c2ccccc2-c2ccccc21)N1C2C=C(Cc3ccc(C(F)(F)F)cc3)CC1CC2. The molecule has 36 heavy (non-hydrogen) atoms. The van der Waals surface area contributed by atoms with Gasteiger partial charge in [-0.3, -0.25) is 4.90 Å². The number of ether oxygens (including phenoxy) is 1. The number of nitrogens with zero attached hydrogens (tertiary/aromatic N) is 1. The van der Waals surface area contributed by atoms with Crippen molar-refractivity contribution in [2.45, 2.75) is 49.9 Å².